The minimum Gasteiger partial charge on any atom is -0.481 e. The summed E-state index contributed by atoms with van der Waals surface area (Å²) in [6.07, 6.45) is 4.64. The van der Waals surface area contributed by atoms with Crippen LogP contribution in [-0.4, -0.2) is 170 Å². The molecule has 2 aromatic heterocycles. The highest BCUT2D eigenvalue weighted by Gasteiger charge is 2.43. The summed E-state index contributed by atoms with van der Waals surface area (Å²) in [4.78, 5) is 148. The first-order valence-corrected chi connectivity index (χ1v) is 27.7. The van der Waals surface area contributed by atoms with E-state index in [0.29, 0.717) is 43.4 Å². The number of nitrogens with one attached hydrogen (secondary N) is 8. The van der Waals surface area contributed by atoms with E-state index in [1.54, 1.807) is 12.4 Å². The van der Waals surface area contributed by atoms with Crippen molar-refractivity contribution in [2.24, 2.45) is 17.2 Å². The van der Waals surface area contributed by atoms with Crippen LogP contribution < -0.4 is 49.1 Å². The van der Waals surface area contributed by atoms with Gasteiger partial charge >= 0.3 is 5.97 Å². The molecule has 0 bridgehead atoms. The number of amides is 9. The molecule has 3 aliphatic heterocycles. The monoisotopic (exact) mass is 1090 g/mol. The molecule has 7 rings (SSSR count). The average Bonchev–Trinajstić information content (AvgIpc) is 4.25. The molecule has 0 radical (unpaired) electrons. The Morgan fingerprint density at radius 1 is 0.684 bits per heavy atom. The second kappa shape index (κ2) is 26.6. The lowest BCUT2D eigenvalue weighted by atomic mass is 10.0. The van der Waals surface area contributed by atoms with E-state index < -0.39 is 120 Å². The van der Waals surface area contributed by atoms with Crippen LogP contribution in [0.3, 0.4) is 0 Å². The zero-order valence-corrected chi connectivity index (χ0v) is 43.3. The molecule has 26 heteroatoms. The molecule has 0 aliphatic carbocycles. The zero-order chi connectivity index (χ0) is 54.5. The number of aliphatic carboxylic acids is 1. The van der Waals surface area contributed by atoms with Gasteiger partial charge in [0.1, 0.15) is 48.3 Å². The van der Waals surface area contributed by atoms with Crippen molar-refractivity contribution in [3.63, 3.8) is 0 Å². The highest BCUT2D eigenvalue weighted by molar-refractivity contribution is 8.76. The lowest BCUT2D eigenvalue weighted by Crippen LogP contribution is -2.60. The van der Waals surface area contributed by atoms with Crippen LogP contribution in [0, 0.1) is 0 Å². The van der Waals surface area contributed by atoms with E-state index in [2.05, 4.69) is 41.9 Å². The van der Waals surface area contributed by atoms with Gasteiger partial charge in [-0.1, -0.05) is 58.0 Å². The highest BCUT2D eigenvalue weighted by Crippen LogP contribution is 2.28. The van der Waals surface area contributed by atoms with Gasteiger partial charge in [0, 0.05) is 71.6 Å². The van der Waals surface area contributed by atoms with Crippen LogP contribution in [0.1, 0.15) is 62.5 Å². The molecule has 2 aromatic carbocycles. The van der Waals surface area contributed by atoms with Crippen LogP contribution in [0.4, 0.5) is 0 Å². The number of unbranched alkanes of at least 4 members (excludes halogenated alkanes) is 1. The highest BCUT2D eigenvalue weighted by atomic mass is 33.1. The second-order valence-corrected chi connectivity index (χ2v) is 21.5. The number of hydrogen-bond acceptors (Lipinski definition) is 14. The number of hydrogen-bond donors (Lipinski definition) is 12. The molecule has 24 nitrogen and oxygen atoms in total. The van der Waals surface area contributed by atoms with Gasteiger partial charge in [0.2, 0.25) is 53.2 Å². The third kappa shape index (κ3) is 14.2. The Balaban J connectivity index is 1.25. The lowest BCUT2D eigenvalue weighted by molar-refractivity contribution is -0.143. The van der Waals surface area contributed by atoms with Crippen LogP contribution in [0.5, 0.6) is 0 Å². The van der Waals surface area contributed by atoms with Gasteiger partial charge in [-0.3, -0.25) is 47.9 Å². The molecule has 76 heavy (non-hydrogen) atoms. The summed E-state index contributed by atoms with van der Waals surface area (Å²) in [5, 5.41) is 27.2. The number of primary amides is 1. The number of benzene rings is 2. The van der Waals surface area contributed by atoms with Crippen molar-refractivity contribution >= 4 is 103 Å². The molecule has 15 N–H and O–H groups in total. The van der Waals surface area contributed by atoms with Crippen molar-refractivity contribution in [3.05, 3.63) is 72.1 Å². The molecule has 9 amide bonds. The third-order valence-electron chi connectivity index (χ3n) is 13.7. The minimum absolute atomic E-state index is 0.0415. The fraction of sp³-hybridized carbons (Fsp3) is 0.480. The molecule has 3 fully saturated rings. The standard InChI is InChI=1S/C50H65N13O11S2/c51-16-6-5-13-33-49(73)62-17-7-14-39(62)47(71)59-35(20-28-24-55-32-12-4-2-10-30(28)32)45(69)60-37(43(53)67)25-75-76-26-38(61-46(70)36(21-42(65)66)56-41(64)22-52)50(74)63-18-8-15-40(63)48(72)58-34(44(68)57-33)19-27-23-54-31-11-3-1-9-29(27)31/h1-4,9-12,23-24,33-40,54-55H,5-8,13-22,25-26,51-52H2,(H2,53,67)(H,56,64)(H,57,68)(H,58,72)(H,59,71)(H,60,69)(H,61,70)(H,65,66)/t33-,34?,35-,36-,37?,38?,39-,40-/m0/s1. The van der Waals surface area contributed by atoms with Crippen LogP contribution in [0.15, 0.2) is 60.9 Å². The lowest BCUT2D eigenvalue weighted by Gasteiger charge is -2.32. The van der Waals surface area contributed by atoms with Gasteiger partial charge in [-0.25, -0.2) is 0 Å². The number of carbonyl (C=O) groups is 10. The summed E-state index contributed by atoms with van der Waals surface area (Å²) in [7, 11) is 1.99. The maximum Gasteiger partial charge on any atom is 0.305 e. The molecular weight excluding hydrogens is 1020 g/mol. The number of aromatic amines is 2. The van der Waals surface area contributed by atoms with Gasteiger partial charge < -0.3 is 74.0 Å². The fourth-order valence-electron chi connectivity index (χ4n) is 9.81. The minimum atomic E-state index is -1.66. The summed E-state index contributed by atoms with van der Waals surface area (Å²) < 4.78 is 0. The number of carboxylic acid groups (broad SMARTS) is 1. The van der Waals surface area contributed by atoms with E-state index in [1.807, 2.05) is 48.5 Å². The fourth-order valence-corrected chi connectivity index (χ4v) is 12.1. The number of carbonyl (C=O) groups excluding carboxylic acids is 9. The van der Waals surface area contributed by atoms with Gasteiger partial charge in [-0.05, 0) is 74.8 Å². The van der Waals surface area contributed by atoms with Crippen LogP contribution in [0.25, 0.3) is 21.8 Å². The van der Waals surface area contributed by atoms with Gasteiger partial charge in [-0.2, -0.15) is 0 Å². The van der Waals surface area contributed by atoms with Gasteiger partial charge in [0.15, 0.2) is 0 Å². The first-order valence-electron chi connectivity index (χ1n) is 25.2. The number of aromatic nitrogens is 2. The molecule has 3 aliphatic rings. The largest absolute Gasteiger partial charge is 0.481 e. The van der Waals surface area contributed by atoms with E-state index >= 15 is 0 Å². The number of H-pyrrole nitrogens is 2. The summed E-state index contributed by atoms with van der Waals surface area (Å²) in [5.74, 6) is -8.82. The topological polar surface area (TPSA) is 379 Å². The summed E-state index contributed by atoms with van der Waals surface area (Å²) in [5.41, 5.74) is 20.0. The van der Waals surface area contributed by atoms with E-state index in [-0.39, 0.29) is 56.7 Å². The first kappa shape index (κ1) is 56.6. The Bertz CT molecular complexity index is 2810. The zero-order valence-electron chi connectivity index (χ0n) is 41.7. The van der Waals surface area contributed by atoms with Crippen molar-refractivity contribution in [2.45, 2.75) is 113 Å². The van der Waals surface area contributed by atoms with E-state index in [0.717, 1.165) is 43.4 Å². The number of nitrogens with zero attached hydrogens (tertiary/aromatic N) is 2. The normalized spacial score (nSPS) is 23.9. The molecule has 3 saturated heterocycles. The predicted octanol–water partition coefficient (Wildman–Crippen LogP) is -1.23. The number of rotatable bonds is 15. The molecular formula is C50H65N13O11S2. The molecule has 3 unspecified atom stereocenters. The van der Waals surface area contributed by atoms with Crippen LogP contribution in [0.2, 0.25) is 0 Å². The molecule has 4 aromatic rings. The Kier molecular flexibility index (Phi) is 19.8. The van der Waals surface area contributed by atoms with Crippen molar-refractivity contribution in [2.75, 3.05) is 37.7 Å². The third-order valence-corrected chi connectivity index (χ3v) is 16.2. The number of carboxylic acids is 1. The molecule has 0 saturated carbocycles. The molecule has 0 spiro atoms. The van der Waals surface area contributed by atoms with Gasteiger partial charge in [0.05, 0.1) is 13.0 Å². The number of nitrogens with two attached hydrogens (primary N) is 3. The second-order valence-electron chi connectivity index (χ2n) is 19.0. The van der Waals surface area contributed by atoms with Crippen LogP contribution >= 0.6 is 21.6 Å². The Labute approximate surface area is 445 Å². The van der Waals surface area contributed by atoms with Crippen molar-refractivity contribution in [1.82, 2.24) is 51.7 Å². The van der Waals surface area contributed by atoms with E-state index in [9.17, 15) is 53.1 Å². The summed E-state index contributed by atoms with van der Waals surface area (Å²) in [6, 6.07) is 4.20. The average molecular weight is 1090 g/mol. The first-order chi connectivity index (χ1) is 36.6. The smallest absolute Gasteiger partial charge is 0.305 e. The Morgan fingerprint density at radius 2 is 1.21 bits per heavy atom. The van der Waals surface area contributed by atoms with Crippen LogP contribution in [-0.2, 0) is 60.8 Å². The Morgan fingerprint density at radius 3 is 1.75 bits per heavy atom. The summed E-state index contributed by atoms with van der Waals surface area (Å²) >= 11 is 0. The van der Waals surface area contributed by atoms with Crippen molar-refractivity contribution in [1.29, 1.82) is 0 Å². The van der Waals surface area contributed by atoms with E-state index in [1.165, 1.54) is 9.80 Å². The number of fused-ring (bicyclic) bond motifs is 4. The maximum absolute atomic E-state index is 14.8. The molecule has 5 heterocycles. The van der Waals surface area contributed by atoms with E-state index in [4.69, 9.17) is 17.2 Å². The number of para-hydroxylation sites is 2. The Hall–Kier alpha value is -7.16. The van der Waals surface area contributed by atoms with Crippen molar-refractivity contribution < 1.29 is 53.1 Å². The molecule has 408 valence electrons. The van der Waals surface area contributed by atoms with Gasteiger partial charge in [0.25, 0.3) is 0 Å². The van der Waals surface area contributed by atoms with Gasteiger partial charge in [-0.15, -0.1) is 0 Å². The summed E-state index contributed by atoms with van der Waals surface area (Å²) in [6.45, 7) is -0.0747. The SMILES string of the molecule is NCCCC[C@@H]1NC(=O)C(Cc2c[nH]c3ccccc23)NC(=O)[C@@H]2CCCN2C(=O)C(NC(=O)[C@H](CC(=O)O)NC(=O)CN)CSSCC(C(N)=O)NC(=O)[C@H](Cc2c[nH]c3ccccc23)NC(=O)[C@@H]2CCCN2C1=O. The van der Waals surface area contributed by atoms with Crippen molar-refractivity contribution in [3.8, 4) is 0 Å². The quantitative estimate of drug-likeness (QED) is 0.0490. The molecule has 8 atom stereocenters. The predicted molar refractivity (Wildman–Crippen MR) is 283 cm³/mol. The maximum atomic E-state index is 14.8.